The Hall–Kier alpha value is -1.70. The van der Waals surface area contributed by atoms with Crippen LogP contribution in [0.15, 0.2) is 5.38 Å². The van der Waals surface area contributed by atoms with E-state index in [4.69, 9.17) is 0 Å². The Morgan fingerprint density at radius 3 is 2.05 bits per heavy atom. The fourth-order valence-electron chi connectivity index (χ4n) is 1.72. The molecule has 0 aliphatic carbocycles. The van der Waals surface area contributed by atoms with Crippen LogP contribution in [-0.4, -0.2) is 9.97 Å². The van der Waals surface area contributed by atoms with Gasteiger partial charge in [0, 0.05) is 10.8 Å². The highest BCUT2D eigenvalue weighted by molar-refractivity contribution is 7.09. The first-order valence-corrected chi connectivity index (χ1v) is 7.41. The zero-order valence-electron chi connectivity index (χ0n) is 12.5. The van der Waals surface area contributed by atoms with Crippen molar-refractivity contribution in [2.45, 2.75) is 39.2 Å². The molecule has 3 nitrogen and oxygen atoms in total. The van der Waals surface area contributed by atoms with Gasteiger partial charge < -0.3 is 5.32 Å². The Bertz CT molecular complexity index is 668. The van der Waals surface area contributed by atoms with Gasteiger partial charge in [-0.3, -0.25) is 0 Å². The van der Waals surface area contributed by atoms with Crippen molar-refractivity contribution in [3.63, 3.8) is 0 Å². The molecule has 8 heteroatoms. The number of anilines is 1. The minimum absolute atomic E-state index is 0.167. The van der Waals surface area contributed by atoms with E-state index < -0.39 is 35.3 Å². The second-order valence-corrected chi connectivity index (χ2v) is 6.77. The van der Waals surface area contributed by atoms with Crippen LogP contribution in [0.2, 0.25) is 0 Å². The smallest absolute Gasteiger partial charge is 0.253 e. The van der Waals surface area contributed by atoms with Gasteiger partial charge in [-0.15, -0.1) is 11.3 Å². The van der Waals surface area contributed by atoms with Gasteiger partial charge in [-0.2, -0.15) is 22.5 Å². The van der Waals surface area contributed by atoms with Gasteiger partial charge in [0.25, 0.3) is 11.9 Å². The number of rotatable bonds is 3. The highest BCUT2D eigenvalue weighted by Gasteiger charge is 2.24. The van der Waals surface area contributed by atoms with Gasteiger partial charge in [0.2, 0.25) is 11.6 Å². The molecule has 1 unspecified atom stereocenters. The summed E-state index contributed by atoms with van der Waals surface area (Å²) in [6, 6.07) is -0.619. The number of pyridine rings is 1. The molecule has 2 rings (SSSR count). The van der Waals surface area contributed by atoms with Crippen LogP contribution in [0.5, 0.6) is 0 Å². The van der Waals surface area contributed by atoms with E-state index >= 15 is 0 Å². The highest BCUT2D eigenvalue weighted by Crippen LogP contribution is 2.30. The molecule has 2 heterocycles. The molecule has 0 aliphatic rings. The lowest BCUT2D eigenvalue weighted by molar-refractivity contribution is 0.410. The fraction of sp³-hybridized carbons (Fsp3) is 0.429. The van der Waals surface area contributed by atoms with Gasteiger partial charge in [0.05, 0.1) is 11.7 Å². The second kappa shape index (κ2) is 5.83. The van der Waals surface area contributed by atoms with Crippen LogP contribution < -0.4 is 5.32 Å². The maximum absolute atomic E-state index is 13.6. The van der Waals surface area contributed by atoms with Crippen LogP contribution >= 0.6 is 11.3 Å². The zero-order chi connectivity index (χ0) is 16.7. The first-order valence-electron chi connectivity index (χ1n) is 6.53. The SMILES string of the molecule is CC(Nc1c(F)c(F)nc(F)c1F)c1nc(C(C)(C)C)cs1. The summed E-state index contributed by atoms with van der Waals surface area (Å²) in [7, 11) is 0. The average Bonchev–Trinajstić information content (AvgIpc) is 2.91. The summed E-state index contributed by atoms with van der Waals surface area (Å²) in [4.78, 5) is 6.90. The molecule has 0 saturated carbocycles. The summed E-state index contributed by atoms with van der Waals surface area (Å²) in [5.41, 5.74) is -0.223. The molecule has 2 aromatic rings. The summed E-state index contributed by atoms with van der Waals surface area (Å²) in [6.07, 6.45) is 0. The van der Waals surface area contributed by atoms with Gasteiger partial charge in [-0.25, -0.2) is 4.98 Å². The molecule has 0 aromatic carbocycles. The minimum atomic E-state index is -1.69. The Kier molecular flexibility index (Phi) is 4.42. The molecule has 1 atom stereocenters. The van der Waals surface area contributed by atoms with Crippen LogP contribution in [0.1, 0.15) is 44.4 Å². The van der Waals surface area contributed by atoms with E-state index in [0.717, 1.165) is 5.69 Å². The molecule has 2 aromatic heterocycles. The normalized spacial score (nSPS) is 13.3. The summed E-state index contributed by atoms with van der Waals surface area (Å²) in [5, 5.41) is 4.82. The Labute approximate surface area is 129 Å². The summed E-state index contributed by atoms with van der Waals surface area (Å²) >= 11 is 1.30. The standard InChI is InChI=1S/C14H15F4N3S/c1-6(13-20-7(5-22-13)14(2,3)4)19-10-8(15)11(17)21-12(18)9(10)16/h5-6H,1-4H3,(H,19,21). The minimum Gasteiger partial charge on any atom is -0.371 e. The molecule has 1 N–H and O–H groups in total. The van der Waals surface area contributed by atoms with Gasteiger partial charge in [0.15, 0.2) is 0 Å². The molecular weight excluding hydrogens is 318 g/mol. The Morgan fingerprint density at radius 2 is 1.59 bits per heavy atom. The molecule has 0 radical (unpaired) electrons. The van der Waals surface area contributed by atoms with E-state index in [1.54, 1.807) is 6.92 Å². The van der Waals surface area contributed by atoms with Gasteiger partial charge >= 0.3 is 0 Å². The Morgan fingerprint density at radius 1 is 1.05 bits per heavy atom. The molecule has 0 bridgehead atoms. The fourth-order valence-corrected chi connectivity index (χ4v) is 2.78. The van der Waals surface area contributed by atoms with E-state index in [2.05, 4.69) is 15.3 Å². The number of halogens is 4. The van der Waals surface area contributed by atoms with E-state index in [9.17, 15) is 17.6 Å². The van der Waals surface area contributed by atoms with Crippen molar-refractivity contribution in [1.29, 1.82) is 0 Å². The first-order chi connectivity index (χ1) is 10.1. The Balaban J connectivity index is 2.30. The number of nitrogens with one attached hydrogen (secondary N) is 1. The van der Waals surface area contributed by atoms with Gasteiger partial charge in [-0.05, 0) is 6.92 Å². The summed E-state index contributed by atoms with van der Waals surface area (Å²) in [6.45, 7) is 7.55. The van der Waals surface area contributed by atoms with Crippen molar-refractivity contribution in [3.05, 3.63) is 39.6 Å². The van der Waals surface area contributed by atoms with E-state index in [1.165, 1.54) is 11.3 Å². The number of hydrogen-bond donors (Lipinski definition) is 1. The summed E-state index contributed by atoms with van der Waals surface area (Å²) < 4.78 is 53.4. The number of thiazole rings is 1. The second-order valence-electron chi connectivity index (χ2n) is 5.88. The van der Waals surface area contributed by atoms with Gasteiger partial charge in [-0.1, -0.05) is 20.8 Å². The number of hydrogen-bond acceptors (Lipinski definition) is 4. The average molecular weight is 333 g/mol. The molecule has 22 heavy (non-hydrogen) atoms. The molecule has 0 saturated heterocycles. The van der Waals surface area contributed by atoms with Crippen LogP contribution in [0.4, 0.5) is 23.2 Å². The predicted molar refractivity (Wildman–Crippen MR) is 76.9 cm³/mol. The highest BCUT2D eigenvalue weighted by atomic mass is 32.1. The topological polar surface area (TPSA) is 37.8 Å². The molecule has 0 aliphatic heterocycles. The number of aromatic nitrogens is 2. The zero-order valence-corrected chi connectivity index (χ0v) is 13.3. The summed E-state index contributed by atoms with van der Waals surface area (Å²) in [5.74, 6) is -6.50. The van der Waals surface area contributed by atoms with E-state index in [1.807, 2.05) is 26.2 Å². The van der Waals surface area contributed by atoms with Crippen molar-refractivity contribution in [2.75, 3.05) is 5.32 Å². The maximum atomic E-state index is 13.6. The molecular formula is C14H15F4N3S. The van der Waals surface area contributed by atoms with Crippen molar-refractivity contribution in [3.8, 4) is 0 Å². The largest absolute Gasteiger partial charge is 0.371 e. The third-order valence-electron chi connectivity index (χ3n) is 3.02. The van der Waals surface area contributed by atoms with Crippen molar-refractivity contribution in [2.24, 2.45) is 0 Å². The number of nitrogens with zero attached hydrogens (tertiary/aromatic N) is 2. The third kappa shape index (κ3) is 3.21. The van der Waals surface area contributed by atoms with Crippen LogP contribution in [0.25, 0.3) is 0 Å². The van der Waals surface area contributed by atoms with Crippen molar-refractivity contribution in [1.82, 2.24) is 9.97 Å². The van der Waals surface area contributed by atoms with Crippen LogP contribution in [-0.2, 0) is 5.41 Å². The lowest BCUT2D eigenvalue weighted by Gasteiger charge is -2.16. The molecule has 0 amide bonds. The van der Waals surface area contributed by atoms with E-state index in [-0.39, 0.29) is 5.41 Å². The van der Waals surface area contributed by atoms with Gasteiger partial charge in [0.1, 0.15) is 10.7 Å². The van der Waals surface area contributed by atoms with E-state index in [0.29, 0.717) is 5.01 Å². The molecule has 120 valence electrons. The first kappa shape index (κ1) is 16.7. The third-order valence-corrected chi connectivity index (χ3v) is 4.05. The predicted octanol–water partition coefficient (Wildman–Crippen LogP) is 4.57. The molecule has 0 fully saturated rings. The quantitative estimate of drug-likeness (QED) is 0.661. The van der Waals surface area contributed by atoms with Crippen LogP contribution in [0.3, 0.4) is 0 Å². The monoisotopic (exact) mass is 333 g/mol. The van der Waals surface area contributed by atoms with Crippen molar-refractivity contribution < 1.29 is 17.6 Å². The lowest BCUT2D eigenvalue weighted by atomic mass is 9.93. The van der Waals surface area contributed by atoms with Crippen molar-refractivity contribution >= 4 is 17.0 Å². The van der Waals surface area contributed by atoms with Crippen LogP contribution in [0, 0.1) is 23.5 Å². The maximum Gasteiger partial charge on any atom is 0.253 e. The molecule has 0 spiro atoms. The lowest BCUT2D eigenvalue weighted by Crippen LogP contribution is -2.15.